The number of likely N-dealkylation sites (N-methyl/N-ethyl adjacent to an activating group) is 1. The minimum atomic E-state index is -0.350. The maximum Gasteiger partial charge on any atom is 0.244 e. The van der Waals surface area contributed by atoms with Crippen molar-refractivity contribution in [3.8, 4) is 10.6 Å². The Kier molecular flexibility index (Phi) is 4.10. The molecule has 1 amide bonds. The lowest BCUT2D eigenvalue weighted by Crippen LogP contribution is -2.48. The first-order valence-electron chi connectivity index (χ1n) is 8.68. The quantitative estimate of drug-likeness (QED) is 0.929. The van der Waals surface area contributed by atoms with Gasteiger partial charge in [0, 0.05) is 30.7 Å². The normalized spacial score (nSPS) is 23.1. The molecule has 24 heavy (non-hydrogen) atoms. The Morgan fingerprint density at radius 2 is 2.17 bits per heavy atom. The number of pyridine rings is 1. The summed E-state index contributed by atoms with van der Waals surface area (Å²) in [5.41, 5.74) is 0.672. The highest BCUT2D eigenvalue weighted by atomic mass is 32.1. The van der Waals surface area contributed by atoms with Gasteiger partial charge in [0.15, 0.2) is 0 Å². The molecule has 5 nitrogen and oxygen atoms in total. The van der Waals surface area contributed by atoms with Crippen LogP contribution in [-0.2, 0) is 4.79 Å². The minimum absolute atomic E-state index is 0.0523. The predicted molar refractivity (Wildman–Crippen MR) is 94.4 cm³/mol. The summed E-state index contributed by atoms with van der Waals surface area (Å²) in [6.45, 7) is 2.77. The number of carbonyl (C=O) groups is 1. The van der Waals surface area contributed by atoms with Gasteiger partial charge in [0.1, 0.15) is 11.2 Å². The molecule has 0 aromatic carbocycles. The molecule has 1 N–H and O–H groups in total. The van der Waals surface area contributed by atoms with E-state index in [-0.39, 0.29) is 17.6 Å². The maximum atomic E-state index is 13.0. The van der Waals surface area contributed by atoms with Crippen molar-refractivity contribution in [1.82, 2.24) is 20.2 Å². The fourth-order valence-electron chi connectivity index (χ4n) is 3.89. The first kappa shape index (κ1) is 15.7. The first-order chi connectivity index (χ1) is 11.7. The third-order valence-corrected chi connectivity index (χ3v) is 6.24. The highest BCUT2D eigenvalue weighted by Gasteiger charge is 2.51. The van der Waals surface area contributed by atoms with Gasteiger partial charge in [-0.3, -0.25) is 15.1 Å². The number of nitrogens with one attached hydrogen (secondary N) is 1. The molecule has 0 unspecified atom stereocenters. The molecule has 1 atom stereocenters. The predicted octanol–water partition coefficient (Wildman–Crippen LogP) is 3.36. The monoisotopic (exact) mass is 342 g/mol. The van der Waals surface area contributed by atoms with Crippen molar-refractivity contribution in [3.63, 3.8) is 0 Å². The van der Waals surface area contributed by atoms with Crippen LogP contribution in [0.4, 0.5) is 0 Å². The van der Waals surface area contributed by atoms with Crippen LogP contribution in [0.25, 0.3) is 10.6 Å². The summed E-state index contributed by atoms with van der Waals surface area (Å²) < 4.78 is 0. The SMILES string of the molecule is CCN1C(=O)C2(CCCCC2)N[C@H]1c1cnc(-c2cccnc2)s1. The van der Waals surface area contributed by atoms with E-state index >= 15 is 0 Å². The maximum absolute atomic E-state index is 13.0. The van der Waals surface area contributed by atoms with Gasteiger partial charge in [-0.05, 0) is 31.9 Å². The molecule has 2 aliphatic rings. The van der Waals surface area contributed by atoms with Crippen molar-refractivity contribution in [3.05, 3.63) is 35.6 Å². The summed E-state index contributed by atoms with van der Waals surface area (Å²) in [6.07, 6.45) is 10.8. The Bertz CT molecular complexity index is 724. The topological polar surface area (TPSA) is 58.1 Å². The number of amides is 1. The second-order valence-electron chi connectivity index (χ2n) is 6.59. The van der Waals surface area contributed by atoms with Gasteiger partial charge >= 0.3 is 0 Å². The van der Waals surface area contributed by atoms with Crippen molar-refractivity contribution in [1.29, 1.82) is 0 Å². The van der Waals surface area contributed by atoms with Gasteiger partial charge in [-0.1, -0.05) is 19.3 Å². The fourth-order valence-corrected chi connectivity index (χ4v) is 4.86. The number of hydrogen-bond donors (Lipinski definition) is 1. The average Bonchev–Trinajstić information content (AvgIpc) is 3.21. The number of rotatable bonds is 3. The third-order valence-electron chi connectivity index (χ3n) is 5.14. The van der Waals surface area contributed by atoms with Crippen molar-refractivity contribution >= 4 is 17.2 Å². The zero-order valence-electron chi connectivity index (χ0n) is 13.9. The number of carbonyl (C=O) groups excluding carboxylic acids is 1. The van der Waals surface area contributed by atoms with E-state index in [4.69, 9.17) is 0 Å². The zero-order chi connectivity index (χ0) is 16.6. The van der Waals surface area contributed by atoms with E-state index in [1.165, 1.54) is 6.42 Å². The molecule has 1 spiro atoms. The molecule has 1 saturated heterocycles. The molecule has 126 valence electrons. The third kappa shape index (κ3) is 2.54. The molecule has 3 heterocycles. The highest BCUT2D eigenvalue weighted by Crippen LogP contribution is 2.41. The van der Waals surface area contributed by atoms with Crippen LogP contribution in [0.5, 0.6) is 0 Å². The van der Waals surface area contributed by atoms with Crippen molar-refractivity contribution in [2.45, 2.75) is 50.7 Å². The van der Waals surface area contributed by atoms with E-state index in [9.17, 15) is 4.79 Å². The number of thiazole rings is 1. The van der Waals surface area contributed by atoms with E-state index in [0.717, 1.165) is 47.7 Å². The summed E-state index contributed by atoms with van der Waals surface area (Å²) in [7, 11) is 0. The molecule has 1 saturated carbocycles. The van der Waals surface area contributed by atoms with Crippen LogP contribution in [-0.4, -0.2) is 32.9 Å². The van der Waals surface area contributed by atoms with Crippen LogP contribution in [0.15, 0.2) is 30.7 Å². The van der Waals surface area contributed by atoms with Crippen LogP contribution in [0.1, 0.15) is 50.1 Å². The van der Waals surface area contributed by atoms with Crippen LogP contribution in [0, 0.1) is 0 Å². The second kappa shape index (κ2) is 6.26. The van der Waals surface area contributed by atoms with Gasteiger partial charge < -0.3 is 4.90 Å². The lowest BCUT2D eigenvalue weighted by Gasteiger charge is -2.31. The Labute approximate surface area is 146 Å². The minimum Gasteiger partial charge on any atom is -0.321 e. The molecular weight excluding hydrogens is 320 g/mol. The fraction of sp³-hybridized carbons (Fsp3) is 0.500. The van der Waals surface area contributed by atoms with Crippen LogP contribution in [0.2, 0.25) is 0 Å². The molecule has 1 aliphatic heterocycles. The molecule has 2 fully saturated rings. The van der Waals surface area contributed by atoms with Crippen molar-refractivity contribution < 1.29 is 4.79 Å². The summed E-state index contributed by atoms with van der Waals surface area (Å²) in [5, 5.41) is 4.62. The molecule has 0 bridgehead atoms. The van der Waals surface area contributed by atoms with Crippen molar-refractivity contribution in [2.75, 3.05) is 6.54 Å². The average molecular weight is 342 g/mol. The van der Waals surface area contributed by atoms with E-state index in [1.807, 2.05) is 29.4 Å². The smallest absolute Gasteiger partial charge is 0.244 e. The lowest BCUT2D eigenvalue weighted by molar-refractivity contribution is -0.134. The zero-order valence-corrected chi connectivity index (χ0v) is 14.7. The van der Waals surface area contributed by atoms with Crippen LogP contribution in [0.3, 0.4) is 0 Å². The standard InChI is InChI=1S/C18H22N4OS/c1-2-22-15(21-18(17(22)23)8-4-3-5-9-18)14-12-20-16(24-14)13-7-6-10-19-11-13/h6-7,10-12,15,21H,2-5,8-9H2,1H3/t15-/m1/s1. The van der Waals surface area contributed by atoms with Crippen molar-refractivity contribution in [2.24, 2.45) is 0 Å². The number of nitrogens with zero attached hydrogens (tertiary/aromatic N) is 3. The van der Waals surface area contributed by atoms with E-state index < -0.39 is 0 Å². The van der Waals surface area contributed by atoms with E-state index in [1.54, 1.807) is 17.5 Å². The number of aromatic nitrogens is 2. The largest absolute Gasteiger partial charge is 0.321 e. The second-order valence-corrected chi connectivity index (χ2v) is 7.65. The Balaban J connectivity index is 1.64. The van der Waals surface area contributed by atoms with Crippen LogP contribution < -0.4 is 5.32 Å². The van der Waals surface area contributed by atoms with Gasteiger partial charge in [0.05, 0.1) is 10.4 Å². The summed E-state index contributed by atoms with van der Waals surface area (Å²) in [5.74, 6) is 0.269. The van der Waals surface area contributed by atoms with Gasteiger partial charge in [0.25, 0.3) is 0 Å². The summed E-state index contributed by atoms with van der Waals surface area (Å²) in [6, 6.07) is 3.94. The van der Waals surface area contributed by atoms with E-state index in [0.29, 0.717) is 0 Å². The van der Waals surface area contributed by atoms with E-state index in [2.05, 4.69) is 22.2 Å². The van der Waals surface area contributed by atoms with Crippen LogP contribution >= 0.6 is 11.3 Å². The van der Waals surface area contributed by atoms with Gasteiger partial charge in [-0.15, -0.1) is 11.3 Å². The molecular formula is C18H22N4OS. The summed E-state index contributed by atoms with van der Waals surface area (Å²) >= 11 is 1.64. The summed E-state index contributed by atoms with van der Waals surface area (Å²) in [4.78, 5) is 24.8. The molecule has 1 aliphatic carbocycles. The number of hydrogen-bond acceptors (Lipinski definition) is 5. The molecule has 6 heteroatoms. The Morgan fingerprint density at radius 3 is 2.88 bits per heavy atom. The molecule has 2 aromatic rings. The molecule has 2 aromatic heterocycles. The van der Waals surface area contributed by atoms with Gasteiger partial charge in [-0.2, -0.15) is 0 Å². The van der Waals surface area contributed by atoms with Gasteiger partial charge in [-0.25, -0.2) is 4.98 Å². The highest BCUT2D eigenvalue weighted by molar-refractivity contribution is 7.15. The van der Waals surface area contributed by atoms with Gasteiger partial charge in [0.2, 0.25) is 5.91 Å². The first-order valence-corrected chi connectivity index (χ1v) is 9.50. The Hall–Kier alpha value is -1.79. The molecule has 4 rings (SSSR count). The lowest BCUT2D eigenvalue weighted by atomic mass is 9.82. The molecule has 0 radical (unpaired) electrons. The Morgan fingerprint density at radius 1 is 1.33 bits per heavy atom.